The molecule has 0 unspecified atom stereocenters. The second-order valence-electron chi connectivity index (χ2n) is 3.54. The Kier molecular flexibility index (Phi) is 1.72. The maximum Gasteiger partial charge on any atom is 0.0479 e. The van der Waals surface area contributed by atoms with Gasteiger partial charge in [-0.1, -0.05) is 11.6 Å². The monoisotopic (exact) mass is 159 g/mol. The molecular formula is C11H13N. The van der Waals surface area contributed by atoms with Crippen LogP contribution in [-0.2, 0) is 6.42 Å². The Balaban J connectivity index is 2.53. The minimum Gasteiger partial charge on any atom is -0.260 e. The van der Waals surface area contributed by atoms with Crippen LogP contribution < -0.4 is 0 Å². The minimum atomic E-state index is 1.11. The number of pyridine rings is 1. The van der Waals surface area contributed by atoms with Crippen LogP contribution in [0.5, 0.6) is 0 Å². The first-order chi connectivity index (χ1) is 5.75. The second-order valence-corrected chi connectivity index (χ2v) is 3.54. The van der Waals surface area contributed by atoms with Gasteiger partial charge < -0.3 is 0 Å². The molecule has 0 saturated heterocycles. The Morgan fingerprint density at radius 2 is 2.08 bits per heavy atom. The van der Waals surface area contributed by atoms with E-state index in [4.69, 9.17) is 0 Å². The molecule has 1 nitrogen and oxygen atoms in total. The molecule has 0 saturated carbocycles. The fourth-order valence-corrected chi connectivity index (χ4v) is 1.61. The fraction of sp³-hybridized carbons (Fsp3) is 0.364. The maximum absolute atomic E-state index is 4.41. The first kappa shape index (κ1) is 7.53. The molecule has 0 radical (unpaired) electrons. The SMILES string of the molecule is CC1=Cc2cc(C)cnc2CC1. The van der Waals surface area contributed by atoms with E-state index in [0.29, 0.717) is 0 Å². The average molecular weight is 159 g/mol. The molecule has 1 aliphatic rings. The molecule has 1 aromatic heterocycles. The first-order valence-electron chi connectivity index (χ1n) is 4.38. The molecule has 2 rings (SSSR count). The topological polar surface area (TPSA) is 12.9 Å². The normalized spacial score (nSPS) is 15.3. The summed E-state index contributed by atoms with van der Waals surface area (Å²) in [5, 5.41) is 0. The van der Waals surface area contributed by atoms with Crippen LogP contribution in [0.25, 0.3) is 6.08 Å². The standard InChI is InChI=1S/C11H13N/c1-8-3-4-11-10(5-8)6-9(2)7-12-11/h5-7H,3-4H2,1-2H3. The molecule has 0 fully saturated rings. The molecule has 1 aromatic rings. The van der Waals surface area contributed by atoms with Crippen molar-refractivity contribution in [2.45, 2.75) is 26.7 Å². The van der Waals surface area contributed by atoms with Gasteiger partial charge in [0.15, 0.2) is 0 Å². The highest BCUT2D eigenvalue weighted by atomic mass is 14.7. The summed E-state index contributed by atoms with van der Waals surface area (Å²) in [5.41, 5.74) is 5.29. The second kappa shape index (κ2) is 2.74. The number of allylic oxidation sites excluding steroid dienone is 1. The van der Waals surface area contributed by atoms with Crippen molar-refractivity contribution in [1.82, 2.24) is 4.98 Å². The summed E-state index contributed by atoms with van der Waals surface area (Å²) in [4.78, 5) is 4.41. The Morgan fingerprint density at radius 1 is 1.25 bits per heavy atom. The highest BCUT2D eigenvalue weighted by Crippen LogP contribution is 2.22. The summed E-state index contributed by atoms with van der Waals surface area (Å²) in [6.07, 6.45) is 6.48. The zero-order valence-electron chi connectivity index (χ0n) is 7.59. The largest absolute Gasteiger partial charge is 0.260 e. The van der Waals surface area contributed by atoms with E-state index in [9.17, 15) is 0 Å². The molecule has 1 aliphatic carbocycles. The highest BCUT2D eigenvalue weighted by Gasteiger charge is 2.07. The van der Waals surface area contributed by atoms with Crippen molar-refractivity contribution in [3.63, 3.8) is 0 Å². The Bertz CT molecular complexity index is 337. The van der Waals surface area contributed by atoms with Gasteiger partial charge in [-0.05, 0) is 43.9 Å². The quantitative estimate of drug-likeness (QED) is 0.567. The van der Waals surface area contributed by atoms with E-state index >= 15 is 0 Å². The molecule has 1 heteroatoms. The van der Waals surface area contributed by atoms with Crippen molar-refractivity contribution in [2.24, 2.45) is 0 Å². The van der Waals surface area contributed by atoms with Gasteiger partial charge in [-0.15, -0.1) is 0 Å². The van der Waals surface area contributed by atoms with Crippen molar-refractivity contribution in [2.75, 3.05) is 0 Å². The number of aromatic nitrogens is 1. The maximum atomic E-state index is 4.41. The molecular weight excluding hydrogens is 146 g/mol. The van der Waals surface area contributed by atoms with Crippen LogP contribution in [0.15, 0.2) is 17.8 Å². The van der Waals surface area contributed by atoms with Crippen LogP contribution in [0.3, 0.4) is 0 Å². The van der Waals surface area contributed by atoms with Crippen molar-refractivity contribution in [1.29, 1.82) is 0 Å². The van der Waals surface area contributed by atoms with Gasteiger partial charge >= 0.3 is 0 Å². The lowest BCUT2D eigenvalue weighted by Crippen LogP contribution is -2.00. The van der Waals surface area contributed by atoms with E-state index in [2.05, 4.69) is 31.0 Å². The van der Waals surface area contributed by atoms with Gasteiger partial charge in [0.2, 0.25) is 0 Å². The van der Waals surface area contributed by atoms with E-state index in [1.165, 1.54) is 28.8 Å². The van der Waals surface area contributed by atoms with Gasteiger partial charge in [-0.2, -0.15) is 0 Å². The lowest BCUT2D eigenvalue weighted by molar-refractivity contribution is 0.881. The molecule has 0 amide bonds. The zero-order valence-corrected chi connectivity index (χ0v) is 7.59. The molecule has 62 valence electrons. The number of hydrogen-bond donors (Lipinski definition) is 0. The lowest BCUT2D eigenvalue weighted by Gasteiger charge is -2.12. The zero-order chi connectivity index (χ0) is 8.55. The Morgan fingerprint density at radius 3 is 2.92 bits per heavy atom. The minimum absolute atomic E-state index is 1.11. The fourth-order valence-electron chi connectivity index (χ4n) is 1.61. The first-order valence-corrected chi connectivity index (χ1v) is 4.38. The smallest absolute Gasteiger partial charge is 0.0479 e. The lowest BCUT2D eigenvalue weighted by atomic mass is 9.96. The van der Waals surface area contributed by atoms with Gasteiger partial charge in [-0.3, -0.25) is 4.98 Å². The number of aryl methyl sites for hydroxylation is 2. The van der Waals surface area contributed by atoms with Crippen molar-refractivity contribution < 1.29 is 0 Å². The number of hydrogen-bond acceptors (Lipinski definition) is 1. The van der Waals surface area contributed by atoms with Crippen LogP contribution in [-0.4, -0.2) is 4.98 Å². The third kappa shape index (κ3) is 1.27. The number of rotatable bonds is 0. The predicted molar refractivity (Wildman–Crippen MR) is 50.9 cm³/mol. The van der Waals surface area contributed by atoms with E-state index in [1.807, 2.05) is 6.20 Å². The average Bonchev–Trinajstić information content (AvgIpc) is 2.03. The summed E-state index contributed by atoms with van der Waals surface area (Å²) in [6.45, 7) is 4.27. The highest BCUT2D eigenvalue weighted by molar-refractivity contribution is 5.57. The predicted octanol–water partition coefficient (Wildman–Crippen LogP) is 2.74. The van der Waals surface area contributed by atoms with Crippen molar-refractivity contribution >= 4 is 6.08 Å². The van der Waals surface area contributed by atoms with E-state index in [0.717, 1.165) is 6.42 Å². The molecule has 0 bridgehead atoms. The van der Waals surface area contributed by atoms with Gasteiger partial charge in [0.25, 0.3) is 0 Å². The molecule has 0 aliphatic heterocycles. The summed E-state index contributed by atoms with van der Waals surface area (Å²) in [7, 11) is 0. The summed E-state index contributed by atoms with van der Waals surface area (Å²) >= 11 is 0. The molecule has 0 aromatic carbocycles. The number of fused-ring (bicyclic) bond motifs is 1. The summed E-state index contributed by atoms with van der Waals surface area (Å²) in [5.74, 6) is 0. The van der Waals surface area contributed by atoms with Gasteiger partial charge in [0.1, 0.15) is 0 Å². The molecule has 12 heavy (non-hydrogen) atoms. The van der Waals surface area contributed by atoms with Crippen molar-refractivity contribution in [3.05, 3.63) is 34.7 Å². The van der Waals surface area contributed by atoms with Crippen LogP contribution in [0.2, 0.25) is 0 Å². The van der Waals surface area contributed by atoms with E-state index < -0.39 is 0 Å². The Hall–Kier alpha value is -1.11. The van der Waals surface area contributed by atoms with Gasteiger partial charge in [0, 0.05) is 11.9 Å². The van der Waals surface area contributed by atoms with Crippen LogP contribution in [0.4, 0.5) is 0 Å². The molecule has 0 N–H and O–H groups in total. The van der Waals surface area contributed by atoms with Gasteiger partial charge in [-0.25, -0.2) is 0 Å². The van der Waals surface area contributed by atoms with E-state index in [1.54, 1.807) is 0 Å². The van der Waals surface area contributed by atoms with Crippen LogP contribution >= 0.6 is 0 Å². The summed E-state index contributed by atoms with van der Waals surface area (Å²) < 4.78 is 0. The van der Waals surface area contributed by atoms with Crippen LogP contribution in [0.1, 0.15) is 30.2 Å². The number of nitrogens with zero attached hydrogens (tertiary/aromatic N) is 1. The molecule has 1 heterocycles. The third-order valence-electron chi connectivity index (χ3n) is 2.30. The van der Waals surface area contributed by atoms with Crippen molar-refractivity contribution in [3.8, 4) is 0 Å². The Labute approximate surface area is 73.1 Å². The summed E-state index contributed by atoms with van der Waals surface area (Å²) in [6, 6.07) is 2.21. The van der Waals surface area contributed by atoms with Gasteiger partial charge in [0.05, 0.1) is 0 Å². The third-order valence-corrected chi connectivity index (χ3v) is 2.30. The van der Waals surface area contributed by atoms with Crippen LogP contribution in [0, 0.1) is 6.92 Å². The molecule has 0 atom stereocenters. The van der Waals surface area contributed by atoms with E-state index in [-0.39, 0.29) is 0 Å². The molecule has 0 spiro atoms.